The number of fused-ring (bicyclic) bond motifs is 1. The SMILES string of the molecule is CCc1ccccc1-n1nc(-c2cc(OC)cc(OC)c2)c2c1NCC2. The number of nitrogens with one attached hydrogen (secondary N) is 1. The fraction of sp³-hybridized carbons (Fsp3) is 0.286. The Morgan fingerprint density at radius 1 is 1.08 bits per heavy atom. The number of hydrogen-bond acceptors (Lipinski definition) is 4. The quantitative estimate of drug-likeness (QED) is 0.754. The van der Waals surface area contributed by atoms with Crippen molar-refractivity contribution >= 4 is 5.82 Å². The minimum absolute atomic E-state index is 0.766. The number of para-hydroxylation sites is 1. The first-order chi connectivity index (χ1) is 12.7. The van der Waals surface area contributed by atoms with Gasteiger partial charge in [0, 0.05) is 23.7 Å². The maximum atomic E-state index is 5.44. The highest BCUT2D eigenvalue weighted by Gasteiger charge is 2.25. The summed E-state index contributed by atoms with van der Waals surface area (Å²) in [6.07, 6.45) is 1.92. The van der Waals surface area contributed by atoms with Crippen LogP contribution in [0, 0.1) is 0 Å². The van der Waals surface area contributed by atoms with E-state index >= 15 is 0 Å². The summed E-state index contributed by atoms with van der Waals surface area (Å²) in [5.74, 6) is 2.62. The third kappa shape index (κ3) is 2.69. The van der Waals surface area contributed by atoms with Crippen LogP contribution >= 0.6 is 0 Å². The molecule has 0 fully saturated rings. The van der Waals surface area contributed by atoms with Gasteiger partial charge in [-0.15, -0.1) is 0 Å². The van der Waals surface area contributed by atoms with Crippen molar-refractivity contribution in [3.05, 3.63) is 53.6 Å². The number of methoxy groups -OCH3 is 2. The van der Waals surface area contributed by atoms with E-state index in [4.69, 9.17) is 14.6 Å². The van der Waals surface area contributed by atoms with Crippen LogP contribution in [-0.4, -0.2) is 30.5 Å². The van der Waals surface area contributed by atoms with E-state index in [0.29, 0.717) is 0 Å². The minimum atomic E-state index is 0.766. The van der Waals surface area contributed by atoms with Crippen molar-refractivity contribution < 1.29 is 9.47 Å². The fourth-order valence-corrected chi connectivity index (χ4v) is 3.54. The molecule has 5 nitrogen and oxygen atoms in total. The molecule has 1 aliphatic heterocycles. The zero-order valence-corrected chi connectivity index (χ0v) is 15.4. The van der Waals surface area contributed by atoms with Crippen molar-refractivity contribution in [2.24, 2.45) is 0 Å². The predicted molar refractivity (Wildman–Crippen MR) is 104 cm³/mol. The molecule has 0 saturated carbocycles. The number of aromatic nitrogens is 2. The molecular formula is C21H23N3O2. The Morgan fingerprint density at radius 2 is 1.81 bits per heavy atom. The summed E-state index contributed by atoms with van der Waals surface area (Å²) in [6, 6.07) is 14.3. The Balaban J connectivity index is 1.90. The van der Waals surface area contributed by atoms with Gasteiger partial charge in [0.2, 0.25) is 0 Å². The van der Waals surface area contributed by atoms with Crippen molar-refractivity contribution in [2.45, 2.75) is 19.8 Å². The standard InChI is InChI=1S/C21H23N3O2/c1-4-14-7-5-6-8-19(14)24-21-18(9-10-22-21)20(23-24)15-11-16(25-2)13-17(12-15)26-3/h5-8,11-13,22H,4,9-10H2,1-3H3. The number of anilines is 1. The summed E-state index contributed by atoms with van der Waals surface area (Å²) in [4.78, 5) is 0. The summed E-state index contributed by atoms with van der Waals surface area (Å²) in [5.41, 5.74) is 5.64. The molecule has 2 aromatic carbocycles. The maximum Gasteiger partial charge on any atom is 0.133 e. The molecule has 0 spiro atoms. The fourth-order valence-electron chi connectivity index (χ4n) is 3.54. The third-order valence-electron chi connectivity index (χ3n) is 4.88. The van der Waals surface area contributed by atoms with E-state index in [-0.39, 0.29) is 0 Å². The van der Waals surface area contributed by atoms with Crippen LogP contribution < -0.4 is 14.8 Å². The predicted octanol–water partition coefficient (Wildman–Crippen LogP) is 4.09. The van der Waals surface area contributed by atoms with E-state index in [1.54, 1.807) is 14.2 Å². The molecule has 3 aromatic rings. The van der Waals surface area contributed by atoms with Gasteiger partial charge in [-0.2, -0.15) is 5.10 Å². The zero-order valence-electron chi connectivity index (χ0n) is 15.4. The molecule has 1 N–H and O–H groups in total. The van der Waals surface area contributed by atoms with Crippen LogP contribution in [0.4, 0.5) is 5.82 Å². The zero-order chi connectivity index (χ0) is 18.1. The van der Waals surface area contributed by atoms with Crippen molar-refractivity contribution in [1.82, 2.24) is 9.78 Å². The lowest BCUT2D eigenvalue weighted by Crippen LogP contribution is -2.06. The maximum absolute atomic E-state index is 5.44. The first-order valence-electron chi connectivity index (χ1n) is 8.92. The van der Waals surface area contributed by atoms with Gasteiger partial charge in [0.15, 0.2) is 0 Å². The molecule has 0 bridgehead atoms. The number of rotatable bonds is 5. The summed E-state index contributed by atoms with van der Waals surface area (Å²) in [6.45, 7) is 3.10. The molecule has 1 aromatic heterocycles. The number of benzene rings is 2. The number of hydrogen-bond donors (Lipinski definition) is 1. The largest absolute Gasteiger partial charge is 0.497 e. The Kier molecular flexibility index (Phi) is 4.29. The van der Waals surface area contributed by atoms with Crippen LogP contribution in [0.25, 0.3) is 16.9 Å². The molecule has 5 heteroatoms. The van der Waals surface area contributed by atoms with E-state index in [9.17, 15) is 0 Å². The lowest BCUT2D eigenvalue weighted by Gasteiger charge is -2.11. The summed E-state index contributed by atoms with van der Waals surface area (Å²) >= 11 is 0. The number of ether oxygens (including phenoxy) is 2. The molecular weight excluding hydrogens is 326 g/mol. The number of aryl methyl sites for hydroxylation is 1. The van der Waals surface area contributed by atoms with Crippen molar-refractivity contribution in [3.8, 4) is 28.4 Å². The average molecular weight is 349 g/mol. The Bertz CT molecular complexity index is 924. The van der Waals surface area contributed by atoms with Crippen molar-refractivity contribution in [1.29, 1.82) is 0 Å². The van der Waals surface area contributed by atoms with Crippen LogP contribution in [-0.2, 0) is 12.8 Å². The molecule has 1 aliphatic rings. The summed E-state index contributed by atoms with van der Waals surface area (Å²) in [5, 5.41) is 8.48. The molecule has 0 aliphatic carbocycles. The van der Waals surface area contributed by atoms with Crippen LogP contribution in [0.15, 0.2) is 42.5 Å². The molecule has 2 heterocycles. The van der Waals surface area contributed by atoms with E-state index in [2.05, 4.69) is 36.5 Å². The molecule has 0 saturated heterocycles. The second-order valence-electron chi connectivity index (χ2n) is 6.35. The minimum Gasteiger partial charge on any atom is -0.497 e. The molecule has 0 atom stereocenters. The van der Waals surface area contributed by atoms with Crippen molar-refractivity contribution in [3.63, 3.8) is 0 Å². The Labute approximate surface area is 153 Å². The van der Waals surface area contributed by atoms with Gasteiger partial charge >= 0.3 is 0 Å². The lowest BCUT2D eigenvalue weighted by atomic mass is 10.1. The van der Waals surface area contributed by atoms with Crippen LogP contribution in [0.2, 0.25) is 0 Å². The second kappa shape index (κ2) is 6.75. The van der Waals surface area contributed by atoms with Gasteiger partial charge in [0.25, 0.3) is 0 Å². The first-order valence-corrected chi connectivity index (χ1v) is 8.92. The second-order valence-corrected chi connectivity index (χ2v) is 6.35. The van der Waals surface area contributed by atoms with E-state index in [1.165, 1.54) is 11.1 Å². The lowest BCUT2D eigenvalue weighted by molar-refractivity contribution is 0.394. The monoisotopic (exact) mass is 349 g/mol. The average Bonchev–Trinajstić information content (AvgIpc) is 3.30. The van der Waals surface area contributed by atoms with Crippen LogP contribution in [0.1, 0.15) is 18.1 Å². The third-order valence-corrected chi connectivity index (χ3v) is 4.88. The van der Waals surface area contributed by atoms with E-state index in [1.807, 2.05) is 22.9 Å². The van der Waals surface area contributed by atoms with E-state index < -0.39 is 0 Å². The Morgan fingerprint density at radius 3 is 2.50 bits per heavy atom. The number of nitrogens with zero attached hydrogens (tertiary/aromatic N) is 2. The summed E-state index contributed by atoms with van der Waals surface area (Å²) in [7, 11) is 3.33. The van der Waals surface area contributed by atoms with Gasteiger partial charge in [-0.25, -0.2) is 4.68 Å². The summed E-state index contributed by atoms with van der Waals surface area (Å²) < 4.78 is 12.9. The molecule has 0 radical (unpaired) electrons. The van der Waals surface area contributed by atoms with Gasteiger partial charge in [-0.05, 0) is 36.6 Å². The van der Waals surface area contributed by atoms with Crippen molar-refractivity contribution in [2.75, 3.05) is 26.1 Å². The normalized spacial score (nSPS) is 12.6. The molecule has 4 rings (SSSR count). The molecule has 26 heavy (non-hydrogen) atoms. The molecule has 0 unspecified atom stereocenters. The van der Waals surface area contributed by atoms with Crippen LogP contribution in [0.5, 0.6) is 11.5 Å². The first kappa shape index (κ1) is 16.5. The Hall–Kier alpha value is -2.95. The molecule has 134 valence electrons. The topological polar surface area (TPSA) is 48.3 Å². The van der Waals surface area contributed by atoms with Gasteiger partial charge in [0.1, 0.15) is 17.3 Å². The van der Waals surface area contributed by atoms with Gasteiger partial charge in [0.05, 0.1) is 25.6 Å². The highest BCUT2D eigenvalue weighted by Crippen LogP contribution is 2.38. The molecule has 0 amide bonds. The van der Waals surface area contributed by atoms with E-state index in [0.717, 1.165) is 53.6 Å². The highest BCUT2D eigenvalue weighted by atomic mass is 16.5. The highest BCUT2D eigenvalue weighted by molar-refractivity contribution is 5.75. The van der Waals surface area contributed by atoms with Gasteiger partial charge in [-0.1, -0.05) is 25.1 Å². The van der Waals surface area contributed by atoms with Gasteiger partial charge in [-0.3, -0.25) is 0 Å². The van der Waals surface area contributed by atoms with Crippen LogP contribution in [0.3, 0.4) is 0 Å². The smallest absolute Gasteiger partial charge is 0.133 e. The van der Waals surface area contributed by atoms with Gasteiger partial charge < -0.3 is 14.8 Å².